The first-order valence-corrected chi connectivity index (χ1v) is 13.4. The van der Waals surface area contributed by atoms with Gasteiger partial charge in [-0.3, -0.25) is 9.69 Å². The normalized spacial score (nSPS) is 16.8. The van der Waals surface area contributed by atoms with Crippen molar-refractivity contribution in [3.63, 3.8) is 0 Å². The Hall–Kier alpha value is -3.54. The molecule has 2 N–H and O–H groups in total. The molecule has 2 aromatic rings. The SMILES string of the molecule is O=C(CN1CCN(c2ccccc2)CC1)c1ccc(S(=O)(=O)N2CCCC2)cc1.O=C(O)/C=C/C(=O)O. The molecule has 0 saturated carbocycles. The maximum atomic E-state index is 12.7. The number of carbonyl (C=O) groups is 3. The number of sulfonamides is 1. The molecule has 11 heteroatoms. The molecular weight excluding hydrogens is 498 g/mol. The lowest BCUT2D eigenvalue weighted by Gasteiger charge is -2.35. The molecule has 0 amide bonds. The van der Waals surface area contributed by atoms with Crippen LogP contribution in [0.1, 0.15) is 23.2 Å². The van der Waals surface area contributed by atoms with Gasteiger partial charge in [0, 0.05) is 62.7 Å². The Morgan fingerprint density at radius 3 is 1.81 bits per heavy atom. The van der Waals surface area contributed by atoms with E-state index in [2.05, 4.69) is 21.9 Å². The third-order valence-electron chi connectivity index (χ3n) is 6.11. The van der Waals surface area contributed by atoms with Crippen molar-refractivity contribution in [3.8, 4) is 0 Å². The number of aliphatic carboxylic acids is 2. The lowest BCUT2D eigenvalue weighted by Crippen LogP contribution is -2.48. The van der Waals surface area contributed by atoms with Gasteiger partial charge in [0.1, 0.15) is 0 Å². The van der Waals surface area contributed by atoms with E-state index in [0.29, 0.717) is 37.3 Å². The highest BCUT2D eigenvalue weighted by molar-refractivity contribution is 7.89. The van der Waals surface area contributed by atoms with Crippen molar-refractivity contribution in [1.82, 2.24) is 9.21 Å². The Labute approximate surface area is 216 Å². The third kappa shape index (κ3) is 8.24. The average molecular weight is 530 g/mol. The summed E-state index contributed by atoms with van der Waals surface area (Å²) in [6, 6.07) is 16.7. The number of nitrogens with zero attached hydrogens (tertiary/aromatic N) is 3. The number of hydrogen-bond acceptors (Lipinski definition) is 7. The summed E-state index contributed by atoms with van der Waals surface area (Å²) in [4.78, 5) is 36.5. The van der Waals surface area contributed by atoms with Gasteiger partial charge in [0.2, 0.25) is 10.0 Å². The molecule has 2 aliphatic heterocycles. The van der Waals surface area contributed by atoms with Gasteiger partial charge in [0.25, 0.3) is 0 Å². The van der Waals surface area contributed by atoms with Crippen LogP contribution in [0.2, 0.25) is 0 Å². The van der Waals surface area contributed by atoms with E-state index in [9.17, 15) is 22.8 Å². The van der Waals surface area contributed by atoms with E-state index in [1.807, 2.05) is 18.2 Å². The van der Waals surface area contributed by atoms with Gasteiger partial charge in [-0.25, -0.2) is 18.0 Å². The van der Waals surface area contributed by atoms with Crippen molar-refractivity contribution in [3.05, 3.63) is 72.3 Å². The zero-order valence-electron chi connectivity index (χ0n) is 20.4. The molecule has 0 aliphatic carbocycles. The van der Waals surface area contributed by atoms with Gasteiger partial charge in [-0.1, -0.05) is 30.3 Å². The fraction of sp³-hybridized carbons (Fsp3) is 0.346. The van der Waals surface area contributed by atoms with Gasteiger partial charge in [0.15, 0.2) is 5.78 Å². The summed E-state index contributed by atoms with van der Waals surface area (Å²) in [5.74, 6) is -2.48. The van der Waals surface area contributed by atoms with E-state index in [1.165, 1.54) is 9.99 Å². The zero-order valence-corrected chi connectivity index (χ0v) is 21.2. The molecule has 0 spiro atoms. The predicted octanol–water partition coefficient (Wildman–Crippen LogP) is 2.19. The largest absolute Gasteiger partial charge is 0.478 e. The highest BCUT2D eigenvalue weighted by Crippen LogP contribution is 2.21. The Balaban J connectivity index is 0.000000414. The number of carboxylic acid groups (broad SMARTS) is 2. The van der Waals surface area contributed by atoms with Crippen molar-refractivity contribution >= 4 is 33.4 Å². The van der Waals surface area contributed by atoms with E-state index in [4.69, 9.17) is 10.2 Å². The van der Waals surface area contributed by atoms with Gasteiger partial charge in [-0.2, -0.15) is 4.31 Å². The zero-order chi connectivity index (χ0) is 26.8. The van der Waals surface area contributed by atoms with Crippen LogP contribution in [0.4, 0.5) is 5.69 Å². The van der Waals surface area contributed by atoms with Crippen LogP contribution in [0, 0.1) is 0 Å². The lowest BCUT2D eigenvalue weighted by molar-refractivity contribution is -0.134. The minimum atomic E-state index is -3.43. The molecule has 0 aromatic heterocycles. The summed E-state index contributed by atoms with van der Waals surface area (Å²) >= 11 is 0. The van der Waals surface area contributed by atoms with Gasteiger partial charge < -0.3 is 15.1 Å². The average Bonchev–Trinajstić information content (AvgIpc) is 3.45. The monoisotopic (exact) mass is 529 g/mol. The first kappa shape index (κ1) is 28.0. The third-order valence-corrected chi connectivity index (χ3v) is 8.02. The van der Waals surface area contributed by atoms with E-state index in [-0.39, 0.29) is 10.7 Å². The Morgan fingerprint density at radius 1 is 0.757 bits per heavy atom. The Kier molecular flexibility index (Phi) is 9.95. The number of Topliss-reactive ketones (excluding diaryl/α,β-unsaturated/α-hetero) is 1. The van der Waals surface area contributed by atoms with E-state index >= 15 is 0 Å². The summed E-state index contributed by atoms with van der Waals surface area (Å²) in [5.41, 5.74) is 1.78. The molecule has 2 saturated heterocycles. The first-order valence-electron chi connectivity index (χ1n) is 12.0. The number of benzene rings is 2. The van der Waals surface area contributed by atoms with Crippen LogP contribution >= 0.6 is 0 Å². The number of hydrogen-bond donors (Lipinski definition) is 2. The van der Waals surface area contributed by atoms with Gasteiger partial charge in [-0.15, -0.1) is 0 Å². The number of carboxylic acids is 2. The number of anilines is 1. The molecule has 2 aromatic carbocycles. The summed E-state index contributed by atoms with van der Waals surface area (Å²) in [6.45, 7) is 4.98. The Bertz CT molecular complexity index is 1180. The molecule has 37 heavy (non-hydrogen) atoms. The summed E-state index contributed by atoms with van der Waals surface area (Å²) < 4.78 is 26.7. The highest BCUT2D eigenvalue weighted by Gasteiger charge is 2.27. The van der Waals surface area contributed by atoms with E-state index in [1.54, 1.807) is 24.3 Å². The number of ketones is 1. The van der Waals surface area contributed by atoms with Crippen LogP contribution in [0.3, 0.4) is 0 Å². The molecular formula is C26H31N3O7S. The summed E-state index contributed by atoms with van der Waals surface area (Å²) in [7, 11) is -3.43. The molecule has 0 bridgehead atoms. The first-order chi connectivity index (χ1) is 17.7. The predicted molar refractivity (Wildman–Crippen MR) is 138 cm³/mol. The van der Waals surface area contributed by atoms with E-state index < -0.39 is 22.0 Å². The quantitative estimate of drug-likeness (QED) is 0.390. The molecule has 0 atom stereocenters. The molecule has 4 rings (SSSR count). The standard InChI is InChI=1S/C22H27N3O3S.C4H4O4/c26-22(18-23-14-16-24(17-15-23)20-6-2-1-3-7-20)19-8-10-21(11-9-19)29(27,28)25-12-4-5-13-25;5-3(6)1-2-4(7)8/h1-3,6-11H,4-5,12-18H2;1-2H,(H,5,6)(H,7,8)/b;2-1+. The number of carbonyl (C=O) groups excluding carboxylic acids is 1. The van der Waals surface area contributed by atoms with Crippen molar-refractivity contribution in [1.29, 1.82) is 0 Å². The lowest BCUT2D eigenvalue weighted by atomic mass is 10.1. The molecule has 2 heterocycles. The number of rotatable bonds is 8. The van der Waals surface area contributed by atoms with E-state index in [0.717, 1.165) is 39.0 Å². The molecule has 2 aliphatic rings. The van der Waals surface area contributed by atoms with Gasteiger partial charge >= 0.3 is 11.9 Å². The Morgan fingerprint density at radius 2 is 1.30 bits per heavy atom. The fourth-order valence-electron chi connectivity index (χ4n) is 4.13. The van der Waals surface area contributed by atoms with Crippen molar-refractivity contribution < 1.29 is 33.0 Å². The van der Waals surface area contributed by atoms with Crippen LogP contribution < -0.4 is 4.90 Å². The van der Waals surface area contributed by atoms with Gasteiger partial charge in [0.05, 0.1) is 11.4 Å². The number of para-hydroxylation sites is 1. The fourth-order valence-corrected chi connectivity index (χ4v) is 5.65. The molecule has 0 radical (unpaired) electrons. The van der Waals surface area contributed by atoms with Crippen LogP contribution in [-0.4, -0.2) is 91.4 Å². The summed E-state index contributed by atoms with van der Waals surface area (Å²) in [6.07, 6.45) is 2.94. The van der Waals surface area contributed by atoms with Crippen molar-refractivity contribution in [2.24, 2.45) is 0 Å². The topological polar surface area (TPSA) is 136 Å². The maximum Gasteiger partial charge on any atom is 0.328 e. The van der Waals surface area contributed by atoms with Crippen LogP contribution in [-0.2, 0) is 19.6 Å². The van der Waals surface area contributed by atoms with Crippen molar-refractivity contribution in [2.75, 3.05) is 50.7 Å². The maximum absolute atomic E-state index is 12.7. The minimum absolute atomic E-state index is 0.0308. The second-order valence-electron chi connectivity index (χ2n) is 8.67. The van der Waals surface area contributed by atoms with Crippen LogP contribution in [0.15, 0.2) is 71.6 Å². The highest BCUT2D eigenvalue weighted by atomic mass is 32.2. The second kappa shape index (κ2) is 13.1. The van der Waals surface area contributed by atoms with Gasteiger partial charge in [-0.05, 0) is 37.1 Å². The van der Waals surface area contributed by atoms with Crippen LogP contribution in [0.25, 0.3) is 0 Å². The molecule has 198 valence electrons. The molecule has 2 fully saturated rings. The minimum Gasteiger partial charge on any atom is -0.478 e. The summed E-state index contributed by atoms with van der Waals surface area (Å²) in [5, 5.41) is 15.6. The second-order valence-corrected chi connectivity index (χ2v) is 10.6. The molecule has 10 nitrogen and oxygen atoms in total. The molecule has 0 unspecified atom stereocenters. The van der Waals surface area contributed by atoms with Crippen molar-refractivity contribution in [2.45, 2.75) is 17.7 Å². The van der Waals surface area contributed by atoms with Crippen LogP contribution in [0.5, 0.6) is 0 Å². The number of piperazine rings is 1. The smallest absolute Gasteiger partial charge is 0.328 e.